The fourth-order valence-corrected chi connectivity index (χ4v) is 3.03. The molecule has 0 aliphatic rings. The molecule has 0 aliphatic heterocycles. The van der Waals surface area contributed by atoms with Crippen LogP contribution in [0.4, 0.5) is 11.8 Å². The number of thiophene rings is 1. The number of fused-ring (bicyclic) bond motifs is 1. The van der Waals surface area contributed by atoms with Gasteiger partial charge in [0.15, 0.2) is 0 Å². The van der Waals surface area contributed by atoms with Crippen LogP contribution in [0.5, 0.6) is 0 Å². The number of nitrogen functional groups attached to an aromatic ring is 1. The van der Waals surface area contributed by atoms with Crippen LogP contribution in [-0.2, 0) is 20.0 Å². The average molecular weight is 303 g/mol. The Morgan fingerprint density at radius 3 is 3.00 bits per heavy atom. The molecule has 0 bridgehead atoms. The maximum absolute atomic E-state index is 5.42. The number of hydrogen-bond donors (Lipinski definition) is 3. The molecule has 8 heteroatoms. The highest BCUT2D eigenvalue weighted by Gasteiger charge is 2.10. The van der Waals surface area contributed by atoms with Crippen LogP contribution >= 0.6 is 11.3 Å². The normalized spacial score (nSPS) is 11.0. The first-order chi connectivity index (χ1) is 10.2. The van der Waals surface area contributed by atoms with Crippen molar-refractivity contribution >= 4 is 33.3 Å². The fourth-order valence-electron chi connectivity index (χ4n) is 2.26. The van der Waals surface area contributed by atoms with Gasteiger partial charge in [-0.2, -0.15) is 10.1 Å². The number of aryl methyl sites for hydroxylation is 2. The lowest BCUT2D eigenvalue weighted by molar-refractivity contribution is 0.746. The summed E-state index contributed by atoms with van der Waals surface area (Å²) in [5, 5.41) is 10.8. The van der Waals surface area contributed by atoms with Crippen LogP contribution < -0.4 is 16.6 Å². The molecule has 3 rings (SSSR count). The van der Waals surface area contributed by atoms with Crippen LogP contribution in [0.1, 0.15) is 18.2 Å². The Labute approximate surface area is 126 Å². The summed E-state index contributed by atoms with van der Waals surface area (Å²) >= 11 is 1.56. The van der Waals surface area contributed by atoms with E-state index >= 15 is 0 Å². The lowest BCUT2D eigenvalue weighted by Gasteiger charge is -2.08. The van der Waals surface area contributed by atoms with Crippen molar-refractivity contribution in [2.45, 2.75) is 19.9 Å². The minimum absolute atomic E-state index is 0.411. The Balaban J connectivity index is 1.89. The molecular formula is C13H17N7S. The van der Waals surface area contributed by atoms with Gasteiger partial charge in [0, 0.05) is 25.4 Å². The maximum Gasteiger partial charge on any atom is 0.240 e. The molecule has 0 spiro atoms. The Morgan fingerprint density at radius 2 is 2.24 bits per heavy atom. The van der Waals surface area contributed by atoms with Crippen molar-refractivity contribution in [2.75, 3.05) is 10.7 Å². The van der Waals surface area contributed by atoms with Crippen LogP contribution in [0.15, 0.2) is 17.6 Å². The third-order valence-electron chi connectivity index (χ3n) is 3.23. The van der Waals surface area contributed by atoms with Gasteiger partial charge in [0.2, 0.25) is 5.95 Å². The van der Waals surface area contributed by atoms with Crippen molar-refractivity contribution in [1.82, 2.24) is 19.7 Å². The number of aromatic nitrogens is 4. The molecule has 0 amide bonds. The number of nitrogens with one attached hydrogen (secondary N) is 2. The van der Waals surface area contributed by atoms with Crippen molar-refractivity contribution in [3.63, 3.8) is 0 Å². The number of hydrazine groups is 1. The number of hydrogen-bond acceptors (Lipinski definition) is 7. The molecule has 0 aromatic carbocycles. The molecule has 0 saturated heterocycles. The summed E-state index contributed by atoms with van der Waals surface area (Å²) in [7, 11) is 1.93. The summed E-state index contributed by atoms with van der Waals surface area (Å²) in [6.45, 7) is 2.77. The van der Waals surface area contributed by atoms with Crippen LogP contribution in [0.3, 0.4) is 0 Å². The minimum Gasteiger partial charge on any atom is -0.365 e. The lowest BCUT2D eigenvalue weighted by Crippen LogP contribution is -2.12. The van der Waals surface area contributed by atoms with Crippen molar-refractivity contribution < 1.29 is 0 Å². The van der Waals surface area contributed by atoms with Gasteiger partial charge in [0.1, 0.15) is 10.6 Å². The van der Waals surface area contributed by atoms with Crippen LogP contribution in [0, 0.1) is 0 Å². The predicted octanol–water partition coefficient (Wildman–Crippen LogP) is 1.88. The van der Waals surface area contributed by atoms with Crippen molar-refractivity contribution in [2.24, 2.45) is 12.9 Å². The van der Waals surface area contributed by atoms with Gasteiger partial charge in [0.25, 0.3) is 0 Å². The van der Waals surface area contributed by atoms with Gasteiger partial charge in [-0.05, 0) is 17.9 Å². The number of rotatable bonds is 5. The third-order valence-corrected chi connectivity index (χ3v) is 4.03. The Hall–Kier alpha value is -2.19. The van der Waals surface area contributed by atoms with Gasteiger partial charge in [0.05, 0.1) is 11.1 Å². The average Bonchev–Trinajstić information content (AvgIpc) is 3.10. The molecule has 0 atom stereocenters. The van der Waals surface area contributed by atoms with Crippen LogP contribution in [-0.4, -0.2) is 19.7 Å². The fraction of sp³-hybridized carbons (Fsp3) is 0.308. The van der Waals surface area contributed by atoms with Crippen molar-refractivity contribution in [1.29, 1.82) is 0 Å². The zero-order chi connectivity index (χ0) is 14.8. The second-order valence-corrected chi connectivity index (χ2v) is 5.56. The molecule has 4 N–H and O–H groups in total. The number of nitrogens with two attached hydrogens (primary N) is 1. The van der Waals surface area contributed by atoms with Gasteiger partial charge >= 0.3 is 0 Å². The molecule has 21 heavy (non-hydrogen) atoms. The van der Waals surface area contributed by atoms with Gasteiger partial charge in [-0.25, -0.2) is 10.8 Å². The Bertz CT molecular complexity index is 761. The van der Waals surface area contributed by atoms with Crippen molar-refractivity contribution in [3.8, 4) is 0 Å². The molecule has 7 nitrogen and oxygen atoms in total. The highest BCUT2D eigenvalue weighted by Crippen LogP contribution is 2.26. The third kappa shape index (κ3) is 2.67. The van der Waals surface area contributed by atoms with Crippen LogP contribution in [0.25, 0.3) is 10.2 Å². The topological polar surface area (TPSA) is 93.7 Å². The first kappa shape index (κ1) is 13.8. The van der Waals surface area contributed by atoms with Gasteiger partial charge in [-0.3, -0.25) is 10.1 Å². The number of nitrogens with zero attached hydrogens (tertiary/aromatic N) is 4. The number of anilines is 2. The van der Waals surface area contributed by atoms with E-state index in [9.17, 15) is 0 Å². The molecule has 3 aromatic rings. The monoisotopic (exact) mass is 303 g/mol. The van der Waals surface area contributed by atoms with E-state index in [4.69, 9.17) is 5.84 Å². The van der Waals surface area contributed by atoms with E-state index in [1.54, 1.807) is 11.3 Å². The zero-order valence-corrected chi connectivity index (χ0v) is 12.7. The van der Waals surface area contributed by atoms with E-state index < -0.39 is 0 Å². The van der Waals surface area contributed by atoms with E-state index in [1.807, 2.05) is 29.4 Å². The smallest absolute Gasteiger partial charge is 0.240 e. The van der Waals surface area contributed by atoms with E-state index in [1.165, 1.54) is 5.56 Å². The molecular weight excluding hydrogens is 286 g/mol. The van der Waals surface area contributed by atoms with E-state index in [0.717, 1.165) is 28.1 Å². The highest BCUT2D eigenvalue weighted by atomic mass is 32.1. The minimum atomic E-state index is 0.411. The molecule has 0 radical (unpaired) electrons. The summed E-state index contributed by atoms with van der Waals surface area (Å²) in [5.41, 5.74) is 4.77. The van der Waals surface area contributed by atoms with E-state index in [2.05, 4.69) is 32.7 Å². The standard InChI is InChI=1S/C13H17N7S/c1-3-10-8(7-20(2)19-10)6-15-11-9-4-5-21-12(9)17-13(16-11)18-14/h4-5,7H,3,6,14H2,1-2H3,(H2,15,16,17,18). The first-order valence-electron chi connectivity index (χ1n) is 6.68. The quantitative estimate of drug-likeness (QED) is 0.492. The van der Waals surface area contributed by atoms with E-state index in [0.29, 0.717) is 12.5 Å². The molecule has 0 saturated carbocycles. The summed E-state index contributed by atoms with van der Waals surface area (Å²) in [6, 6.07) is 2.01. The zero-order valence-electron chi connectivity index (χ0n) is 11.9. The maximum atomic E-state index is 5.42. The highest BCUT2D eigenvalue weighted by molar-refractivity contribution is 7.16. The summed E-state index contributed by atoms with van der Waals surface area (Å²) in [4.78, 5) is 9.62. The second-order valence-electron chi connectivity index (χ2n) is 4.66. The molecule has 0 unspecified atom stereocenters. The van der Waals surface area contributed by atoms with Crippen molar-refractivity contribution in [3.05, 3.63) is 28.9 Å². The van der Waals surface area contributed by atoms with Gasteiger partial charge in [-0.1, -0.05) is 6.92 Å². The Morgan fingerprint density at radius 1 is 1.38 bits per heavy atom. The molecule has 3 heterocycles. The Kier molecular flexibility index (Phi) is 3.72. The lowest BCUT2D eigenvalue weighted by atomic mass is 10.2. The largest absolute Gasteiger partial charge is 0.365 e. The molecule has 110 valence electrons. The van der Waals surface area contributed by atoms with Crippen LogP contribution in [0.2, 0.25) is 0 Å². The molecule has 0 fully saturated rings. The van der Waals surface area contributed by atoms with Gasteiger partial charge < -0.3 is 5.32 Å². The second kappa shape index (κ2) is 5.66. The summed E-state index contributed by atoms with van der Waals surface area (Å²) < 4.78 is 1.84. The van der Waals surface area contributed by atoms with E-state index in [-0.39, 0.29) is 0 Å². The predicted molar refractivity (Wildman–Crippen MR) is 85.1 cm³/mol. The SMILES string of the molecule is CCc1nn(C)cc1CNc1nc(NN)nc2sccc12. The van der Waals surface area contributed by atoms with Gasteiger partial charge in [-0.15, -0.1) is 11.3 Å². The summed E-state index contributed by atoms with van der Waals surface area (Å²) in [6.07, 6.45) is 2.94. The summed E-state index contributed by atoms with van der Waals surface area (Å²) in [5.74, 6) is 6.61. The first-order valence-corrected chi connectivity index (χ1v) is 7.56. The molecule has 3 aromatic heterocycles. The molecule has 0 aliphatic carbocycles.